The number of methoxy groups -OCH3 is 1. The van der Waals surface area contributed by atoms with E-state index in [0.29, 0.717) is 0 Å². The van der Waals surface area contributed by atoms with Crippen LogP contribution in [0.2, 0.25) is 0 Å². The summed E-state index contributed by atoms with van der Waals surface area (Å²) in [5.74, 6) is -0.698. The number of carbonyl (C=O) groups excluding carboxylic acids is 1. The van der Waals surface area contributed by atoms with Crippen LogP contribution in [0.1, 0.15) is 22.5 Å². The van der Waals surface area contributed by atoms with Crippen LogP contribution in [0.4, 0.5) is 14.5 Å². The zero-order valence-corrected chi connectivity index (χ0v) is 7.33. The van der Waals surface area contributed by atoms with Crippen molar-refractivity contribution in [2.45, 2.75) is 6.43 Å². The number of hydrogen-bond acceptors (Lipinski definition) is 4. The highest BCUT2D eigenvalue weighted by Gasteiger charge is 2.15. The number of nitrogen functional groups attached to an aromatic ring is 1. The Bertz CT molecular complexity index is 355. The number of rotatable bonds is 2. The number of aromatic nitrogens is 1. The van der Waals surface area contributed by atoms with E-state index in [1.165, 1.54) is 7.11 Å². The molecule has 0 aliphatic rings. The molecule has 76 valence electrons. The molecular weight excluding hydrogens is 194 g/mol. The molecule has 1 rings (SSSR count). The van der Waals surface area contributed by atoms with Crippen molar-refractivity contribution in [2.75, 3.05) is 12.8 Å². The van der Waals surface area contributed by atoms with Crippen molar-refractivity contribution < 1.29 is 18.3 Å². The number of carbonyl (C=O) groups is 1. The van der Waals surface area contributed by atoms with Gasteiger partial charge in [-0.05, 0) is 6.07 Å². The number of nitrogens with zero attached hydrogens (tertiary/aromatic N) is 1. The number of hydrogen-bond donors (Lipinski definition) is 1. The SMILES string of the molecule is COC(=O)c1cnc(C(F)F)cc1N. The Labute approximate surface area is 78.7 Å². The quantitative estimate of drug-likeness (QED) is 0.736. The van der Waals surface area contributed by atoms with E-state index in [0.717, 1.165) is 12.3 Å². The zero-order valence-electron chi connectivity index (χ0n) is 7.33. The fraction of sp³-hybridized carbons (Fsp3) is 0.250. The Morgan fingerprint density at radius 3 is 2.71 bits per heavy atom. The number of ether oxygens (including phenoxy) is 1. The highest BCUT2D eigenvalue weighted by atomic mass is 19.3. The molecule has 14 heavy (non-hydrogen) atoms. The molecule has 0 fully saturated rings. The van der Waals surface area contributed by atoms with Gasteiger partial charge in [-0.2, -0.15) is 0 Å². The van der Waals surface area contributed by atoms with Gasteiger partial charge in [0.1, 0.15) is 11.3 Å². The van der Waals surface area contributed by atoms with Crippen LogP contribution in [0.3, 0.4) is 0 Å². The van der Waals surface area contributed by atoms with E-state index in [4.69, 9.17) is 5.73 Å². The van der Waals surface area contributed by atoms with Crippen molar-refractivity contribution in [3.8, 4) is 0 Å². The van der Waals surface area contributed by atoms with Gasteiger partial charge in [0.2, 0.25) is 0 Å². The fourth-order valence-electron chi connectivity index (χ4n) is 0.888. The van der Waals surface area contributed by atoms with Crippen molar-refractivity contribution in [2.24, 2.45) is 0 Å². The summed E-state index contributed by atoms with van der Waals surface area (Å²) in [4.78, 5) is 14.4. The van der Waals surface area contributed by atoms with E-state index in [2.05, 4.69) is 9.72 Å². The number of pyridine rings is 1. The average Bonchev–Trinajstić information content (AvgIpc) is 2.16. The molecule has 0 spiro atoms. The van der Waals surface area contributed by atoms with E-state index in [9.17, 15) is 13.6 Å². The van der Waals surface area contributed by atoms with Crippen LogP contribution in [0.25, 0.3) is 0 Å². The molecule has 0 aliphatic heterocycles. The first-order valence-corrected chi connectivity index (χ1v) is 3.68. The third-order valence-corrected chi connectivity index (χ3v) is 1.59. The normalized spacial score (nSPS) is 10.3. The Morgan fingerprint density at radius 1 is 1.64 bits per heavy atom. The Kier molecular flexibility index (Phi) is 2.95. The molecule has 6 heteroatoms. The lowest BCUT2D eigenvalue weighted by atomic mass is 10.2. The maximum absolute atomic E-state index is 12.1. The number of nitrogens with two attached hydrogens (primary N) is 1. The predicted octanol–water partition coefficient (Wildman–Crippen LogP) is 1.39. The third-order valence-electron chi connectivity index (χ3n) is 1.59. The van der Waals surface area contributed by atoms with Gasteiger partial charge in [0.05, 0.1) is 7.11 Å². The highest BCUT2D eigenvalue weighted by Crippen LogP contribution is 2.20. The van der Waals surface area contributed by atoms with E-state index >= 15 is 0 Å². The van der Waals surface area contributed by atoms with Crippen molar-refractivity contribution in [1.82, 2.24) is 4.98 Å². The van der Waals surface area contributed by atoms with Gasteiger partial charge >= 0.3 is 5.97 Å². The van der Waals surface area contributed by atoms with E-state index in [1.807, 2.05) is 0 Å². The maximum Gasteiger partial charge on any atom is 0.341 e. The number of halogens is 2. The lowest BCUT2D eigenvalue weighted by Gasteiger charge is -2.04. The van der Waals surface area contributed by atoms with Crippen LogP contribution in [0.15, 0.2) is 12.3 Å². The van der Waals surface area contributed by atoms with Crippen LogP contribution in [0.5, 0.6) is 0 Å². The summed E-state index contributed by atoms with van der Waals surface area (Å²) in [5.41, 5.74) is 4.81. The van der Waals surface area contributed by atoms with Gasteiger partial charge in [0, 0.05) is 11.9 Å². The molecule has 0 saturated heterocycles. The molecule has 2 N–H and O–H groups in total. The molecule has 1 aromatic rings. The largest absolute Gasteiger partial charge is 0.465 e. The lowest BCUT2D eigenvalue weighted by molar-refractivity contribution is 0.0601. The molecule has 0 bridgehead atoms. The second kappa shape index (κ2) is 3.99. The number of esters is 1. The van der Waals surface area contributed by atoms with Gasteiger partial charge in [-0.15, -0.1) is 0 Å². The first-order valence-electron chi connectivity index (χ1n) is 3.68. The predicted molar refractivity (Wildman–Crippen MR) is 44.9 cm³/mol. The van der Waals surface area contributed by atoms with Gasteiger partial charge < -0.3 is 10.5 Å². The van der Waals surface area contributed by atoms with E-state index < -0.39 is 18.1 Å². The summed E-state index contributed by atoms with van der Waals surface area (Å²) in [6.45, 7) is 0. The minimum absolute atomic E-state index is 0.0168. The first kappa shape index (κ1) is 10.4. The standard InChI is InChI=1S/C8H8F2N2O2/c1-14-8(13)4-3-12-6(7(9)10)2-5(4)11/h2-3,7H,1H3,(H2,11,12). The summed E-state index contributed by atoms with van der Waals surface area (Å²) >= 11 is 0. The minimum Gasteiger partial charge on any atom is -0.465 e. The van der Waals surface area contributed by atoms with Crippen LogP contribution in [-0.4, -0.2) is 18.1 Å². The molecule has 0 amide bonds. The van der Waals surface area contributed by atoms with Crippen molar-refractivity contribution in [1.29, 1.82) is 0 Å². The average molecular weight is 202 g/mol. The van der Waals surface area contributed by atoms with E-state index in [1.54, 1.807) is 0 Å². The first-order chi connectivity index (χ1) is 6.56. The van der Waals surface area contributed by atoms with Crippen LogP contribution < -0.4 is 5.73 Å². The third kappa shape index (κ3) is 1.95. The molecular formula is C8H8F2N2O2. The fourth-order valence-corrected chi connectivity index (χ4v) is 0.888. The second-order valence-electron chi connectivity index (χ2n) is 2.49. The Hall–Kier alpha value is -1.72. The number of anilines is 1. The van der Waals surface area contributed by atoms with Crippen LogP contribution in [-0.2, 0) is 4.74 Å². The van der Waals surface area contributed by atoms with Crippen LogP contribution >= 0.6 is 0 Å². The summed E-state index contributed by atoms with van der Waals surface area (Å²) in [7, 11) is 1.17. The van der Waals surface area contributed by atoms with Crippen molar-refractivity contribution in [3.63, 3.8) is 0 Å². The minimum atomic E-state index is -2.70. The summed E-state index contributed by atoms with van der Waals surface area (Å²) < 4.78 is 28.6. The number of alkyl halides is 2. The molecule has 4 nitrogen and oxygen atoms in total. The molecule has 1 aromatic heterocycles. The zero-order chi connectivity index (χ0) is 10.7. The second-order valence-corrected chi connectivity index (χ2v) is 2.49. The van der Waals surface area contributed by atoms with Gasteiger partial charge in [-0.1, -0.05) is 0 Å². The van der Waals surface area contributed by atoms with Crippen molar-refractivity contribution in [3.05, 3.63) is 23.5 Å². The van der Waals surface area contributed by atoms with Gasteiger partial charge in [0.25, 0.3) is 6.43 Å². The Balaban J connectivity index is 3.07. The maximum atomic E-state index is 12.1. The molecule has 1 heterocycles. The van der Waals surface area contributed by atoms with Crippen molar-refractivity contribution >= 4 is 11.7 Å². The smallest absolute Gasteiger partial charge is 0.341 e. The van der Waals surface area contributed by atoms with Gasteiger partial charge in [0.15, 0.2) is 0 Å². The monoisotopic (exact) mass is 202 g/mol. The summed E-state index contributed by atoms with van der Waals surface area (Å²) in [6, 6.07) is 0.955. The molecule has 0 aliphatic carbocycles. The molecule has 0 unspecified atom stereocenters. The molecule has 0 atom stereocenters. The van der Waals surface area contributed by atoms with Crippen LogP contribution in [0, 0.1) is 0 Å². The topological polar surface area (TPSA) is 65.2 Å². The Morgan fingerprint density at radius 2 is 2.29 bits per heavy atom. The molecule has 0 radical (unpaired) electrons. The summed E-state index contributed by atoms with van der Waals surface area (Å²) in [5, 5.41) is 0. The van der Waals surface area contributed by atoms with Gasteiger partial charge in [-0.25, -0.2) is 13.6 Å². The molecule has 0 aromatic carbocycles. The summed E-state index contributed by atoms with van der Waals surface area (Å²) in [6.07, 6.45) is -1.73. The lowest BCUT2D eigenvalue weighted by Crippen LogP contribution is -2.07. The van der Waals surface area contributed by atoms with E-state index in [-0.39, 0.29) is 11.3 Å². The molecule has 0 saturated carbocycles. The van der Waals surface area contributed by atoms with Gasteiger partial charge in [-0.3, -0.25) is 4.98 Å². The highest BCUT2D eigenvalue weighted by molar-refractivity contribution is 5.94.